The minimum atomic E-state index is -0.0995. The van der Waals surface area contributed by atoms with Crippen LogP contribution in [0.1, 0.15) is 253 Å². The van der Waals surface area contributed by atoms with Crippen LogP contribution in [0.25, 0.3) is 0 Å². The van der Waals surface area contributed by atoms with E-state index in [2.05, 4.69) is 46.4 Å². The third-order valence-corrected chi connectivity index (χ3v) is 12.4. The van der Waals surface area contributed by atoms with Crippen molar-refractivity contribution in [2.75, 3.05) is 45.9 Å². The molecule has 7 heteroatoms. The number of unbranched alkanes of at least 4 members (excludes halogenated alkanes) is 24. The third kappa shape index (κ3) is 34.1. The summed E-state index contributed by atoms with van der Waals surface area (Å²) >= 11 is 0. The Bertz CT molecular complexity index is 815. The fraction of sp³-hybridized carbons (Fsp3) is 0.941. The summed E-state index contributed by atoms with van der Waals surface area (Å²) in [6.45, 7) is 16.8. The lowest BCUT2D eigenvalue weighted by Crippen LogP contribution is -2.39. The number of carbonyl (C=O) groups is 3. The minimum Gasteiger partial charge on any atom is -0.464 e. The largest absolute Gasteiger partial charge is 0.464 e. The Kier molecular flexibility index (Phi) is 42.2. The first-order chi connectivity index (χ1) is 28.4. The van der Waals surface area contributed by atoms with E-state index < -0.39 is 0 Å². The topological polar surface area (TPSA) is 76.1 Å². The molecule has 0 radical (unpaired) electrons. The first-order valence-electron chi connectivity index (χ1n) is 25.7. The summed E-state index contributed by atoms with van der Waals surface area (Å²) in [4.78, 5) is 44.7. The molecule has 0 rings (SSSR count). The molecule has 0 aliphatic heterocycles. The van der Waals surface area contributed by atoms with Gasteiger partial charge < -0.3 is 19.3 Å². The van der Waals surface area contributed by atoms with Crippen LogP contribution in [0.3, 0.4) is 0 Å². The van der Waals surface area contributed by atoms with Gasteiger partial charge >= 0.3 is 11.9 Å². The van der Waals surface area contributed by atoms with Gasteiger partial charge in [0.25, 0.3) is 0 Å². The highest BCUT2D eigenvalue weighted by Crippen LogP contribution is 2.23. The van der Waals surface area contributed by atoms with Gasteiger partial charge in [-0.05, 0) is 38.8 Å². The summed E-state index contributed by atoms with van der Waals surface area (Å²) in [6, 6.07) is 0. The number of carbonyl (C=O) groups excluding carboxylic acids is 3. The van der Waals surface area contributed by atoms with Crippen molar-refractivity contribution in [3.63, 3.8) is 0 Å². The quantitative estimate of drug-likeness (QED) is 0.0450. The van der Waals surface area contributed by atoms with Gasteiger partial charge in [-0.2, -0.15) is 0 Å². The number of ether oxygens (including phenoxy) is 2. The fourth-order valence-electron chi connectivity index (χ4n) is 8.21. The van der Waals surface area contributed by atoms with Gasteiger partial charge in [-0.25, -0.2) is 0 Å². The Balaban J connectivity index is 5.36. The summed E-state index contributed by atoms with van der Waals surface area (Å²) in [5, 5.41) is 0. The van der Waals surface area contributed by atoms with E-state index in [4.69, 9.17) is 9.47 Å². The molecule has 0 saturated heterocycles. The second-order valence-corrected chi connectivity index (χ2v) is 17.5. The molecule has 7 nitrogen and oxygen atoms in total. The molecule has 0 bridgehead atoms. The minimum absolute atomic E-state index is 0.0318. The molecule has 0 fully saturated rings. The molecule has 58 heavy (non-hydrogen) atoms. The van der Waals surface area contributed by atoms with E-state index in [-0.39, 0.29) is 42.9 Å². The molecular weight excluding hydrogens is 721 g/mol. The molecular formula is C51H100N2O5. The van der Waals surface area contributed by atoms with Gasteiger partial charge in [0.2, 0.25) is 5.91 Å². The summed E-state index contributed by atoms with van der Waals surface area (Å²) in [7, 11) is 0. The van der Waals surface area contributed by atoms with E-state index >= 15 is 0 Å². The summed E-state index contributed by atoms with van der Waals surface area (Å²) in [5.41, 5.74) is 0. The van der Waals surface area contributed by atoms with Crippen LogP contribution in [-0.2, 0) is 23.9 Å². The standard InChI is InChI=1S/C51H100N2O5/c1-7-13-17-21-25-29-33-37-47(38-34-30-26-22-18-14-8-2)50(55)57-45-43-53(49(54)41-42-52(11-5)12-6)44-46-58-51(56)48(39-35-31-27-23-19-15-9-3)40-36-32-28-24-20-16-10-4/h47-48H,7-46H2,1-6H3. The van der Waals surface area contributed by atoms with Crippen molar-refractivity contribution >= 4 is 17.8 Å². The van der Waals surface area contributed by atoms with E-state index in [0.717, 1.165) is 64.5 Å². The highest BCUT2D eigenvalue weighted by atomic mass is 16.5. The van der Waals surface area contributed by atoms with Crippen molar-refractivity contribution in [3.05, 3.63) is 0 Å². The van der Waals surface area contributed by atoms with Gasteiger partial charge in [-0.15, -0.1) is 0 Å². The average Bonchev–Trinajstić information content (AvgIpc) is 3.23. The van der Waals surface area contributed by atoms with Gasteiger partial charge in [-0.1, -0.05) is 221 Å². The molecule has 0 aromatic carbocycles. The molecule has 1 amide bonds. The maximum atomic E-state index is 13.6. The highest BCUT2D eigenvalue weighted by Gasteiger charge is 2.23. The lowest BCUT2D eigenvalue weighted by atomic mass is 9.94. The van der Waals surface area contributed by atoms with Crippen molar-refractivity contribution in [3.8, 4) is 0 Å². The van der Waals surface area contributed by atoms with E-state index in [1.165, 1.54) is 154 Å². The predicted molar refractivity (Wildman–Crippen MR) is 248 cm³/mol. The molecule has 0 saturated carbocycles. The van der Waals surface area contributed by atoms with Crippen LogP contribution < -0.4 is 0 Å². The van der Waals surface area contributed by atoms with Gasteiger partial charge in [0.05, 0.1) is 24.9 Å². The zero-order valence-corrected chi connectivity index (χ0v) is 39.9. The monoisotopic (exact) mass is 821 g/mol. The van der Waals surface area contributed by atoms with E-state index in [1.807, 2.05) is 0 Å². The summed E-state index contributed by atoms with van der Waals surface area (Å²) in [5.74, 6) is -0.299. The van der Waals surface area contributed by atoms with Crippen molar-refractivity contribution < 1.29 is 23.9 Å². The molecule has 0 heterocycles. The zero-order valence-electron chi connectivity index (χ0n) is 39.9. The second-order valence-electron chi connectivity index (χ2n) is 17.5. The van der Waals surface area contributed by atoms with E-state index in [1.54, 1.807) is 4.90 Å². The molecule has 0 unspecified atom stereocenters. The predicted octanol–water partition coefficient (Wildman–Crippen LogP) is 14.4. The average molecular weight is 821 g/mol. The number of hydrogen-bond acceptors (Lipinski definition) is 6. The SMILES string of the molecule is CCCCCCCCCC(CCCCCCCCC)C(=O)OCCN(CCOC(=O)C(CCCCCCCCC)CCCCCCCCC)C(=O)CCN(CC)CC. The van der Waals surface area contributed by atoms with Gasteiger partial charge in [-0.3, -0.25) is 14.4 Å². The second kappa shape index (κ2) is 43.5. The number of nitrogens with zero attached hydrogens (tertiary/aromatic N) is 2. The molecule has 344 valence electrons. The summed E-state index contributed by atoms with van der Waals surface area (Å²) in [6.07, 6.45) is 38.6. The lowest BCUT2D eigenvalue weighted by Gasteiger charge is -2.25. The molecule has 0 aromatic rings. The van der Waals surface area contributed by atoms with Gasteiger partial charge in [0.1, 0.15) is 13.2 Å². The molecule has 0 N–H and O–H groups in total. The van der Waals surface area contributed by atoms with Crippen molar-refractivity contribution in [1.82, 2.24) is 9.80 Å². The molecule has 0 aliphatic rings. The first kappa shape index (κ1) is 56.4. The fourth-order valence-corrected chi connectivity index (χ4v) is 8.21. The van der Waals surface area contributed by atoms with Crippen molar-refractivity contribution in [1.29, 1.82) is 0 Å². The van der Waals surface area contributed by atoms with Crippen LogP contribution in [0.4, 0.5) is 0 Å². The Morgan fingerprint density at radius 2 is 0.655 bits per heavy atom. The van der Waals surface area contributed by atoms with Gasteiger partial charge in [0.15, 0.2) is 0 Å². The van der Waals surface area contributed by atoms with E-state index in [9.17, 15) is 14.4 Å². The molecule has 0 atom stereocenters. The van der Waals surface area contributed by atoms with Crippen LogP contribution in [0.5, 0.6) is 0 Å². The first-order valence-corrected chi connectivity index (χ1v) is 25.7. The Morgan fingerprint density at radius 1 is 0.379 bits per heavy atom. The van der Waals surface area contributed by atoms with Crippen molar-refractivity contribution in [2.24, 2.45) is 11.8 Å². The molecule has 0 spiro atoms. The van der Waals surface area contributed by atoms with E-state index in [0.29, 0.717) is 26.1 Å². The number of amides is 1. The van der Waals surface area contributed by atoms with Crippen LogP contribution in [0.15, 0.2) is 0 Å². The molecule has 0 aliphatic carbocycles. The molecule has 0 aromatic heterocycles. The van der Waals surface area contributed by atoms with Gasteiger partial charge in [0, 0.05) is 13.0 Å². The van der Waals surface area contributed by atoms with Crippen molar-refractivity contribution in [2.45, 2.75) is 253 Å². The normalized spacial score (nSPS) is 11.6. The third-order valence-electron chi connectivity index (χ3n) is 12.4. The summed E-state index contributed by atoms with van der Waals surface area (Å²) < 4.78 is 11.9. The number of rotatable bonds is 45. The van der Waals surface area contributed by atoms with Crippen LogP contribution in [0, 0.1) is 11.8 Å². The Labute approximate surface area is 361 Å². The lowest BCUT2D eigenvalue weighted by molar-refractivity contribution is -0.152. The smallest absolute Gasteiger partial charge is 0.308 e. The highest BCUT2D eigenvalue weighted by molar-refractivity contribution is 5.77. The Morgan fingerprint density at radius 3 is 0.931 bits per heavy atom. The van der Waals surface area contributed by atoms with Crippen LogP contribution >= 0.6 is 0 Å². The number of esters is 2. The Hall–Kier alpha value is -1.63. The van der Waals surface area contributed by atoms with Crippen LogP contribution in [0.2, 0.25) is 0 Å². The maximum Gasteiger partial charge on any atom is 0.308 e. The maximum absolute atomic E-state index is 13.6. The zero-order chi connectivity index (χ0) is 42.7. The van der Waals surface area contributed by atoms with Crippen LogP contribution in [-0.4, -0.2) is 73.6 Å². The number of hydrogen-bond donors (Lipinski definition) is 0.